The van der Waals surface area contributed by atoms with Crippen molar-refractivity contribution in [1.29, 1.82) is 0 Å². The van der Waals surface area contributed by atoms with Crippen LogP contribution in [-0.2, 0) is 4.79 Å². The molecular formula is C9H7ClO2. The van der Waals surface area contributed by atoms with Crippen molar-refractivity contribution in [2.24, 2.45) is 0 Å². The van der Waals surface area contributed by atoms with E-state index in [2.05, 4.69) is 0 Å². The molecule has 0 aromatic heterocycles. The average Bonchev–Trinajstić information content (AvgIpc) is 2.03. The number of halogens is 1. The molecule has 3 heteroatoms. The second-order valence-electron chi connectivity index (χ2n) is 2.19. The Hall–Kier alpha value is -1.28. The summed E-state index contributed by atoms with van der Waals surface area (Å²) < 4.78 is 0. The van der Waals surface area contributed by atoms with E-state index in [-0.39, 0.29) is 0 Å². The molecule has 0 bridgehead atoms. The third-order valence-corrected chi connectivity index (χ3v) is 1.65. The Kier molecular flexibility index (Phi) is 2.88. The summed E-state index contributed by atoms with van der Waals surface area (Å²) in [6.07, 6.45) is 2.52. The highest BCUT2D eigenvalue weighted by molar-refractivity contribution is 6.32. The van der Waals surface area contributed by atoms with Gasteiger partial charge in [0.1, 0.15) is 0 Å². The molecule has 0 unspecified atom stereocenters. The van der Waals surface area contributed by atoms with E-state index in [4.69, 9.17) is 16.7 Å². The van der Waals surface area contributed by atoms with Crippen molar-refractivity contribution in [2.45, 2.75) is 0 Å². The average molecular weight is 183 g/mol. The largest absolute Gasteiger partial charge is 0.478 e. The topological polar surface area (TPSA) is 37.3 Å². The summed E-state index contributed by atoms with van der Waals surface area (Å²) in [5, 5.41) is 8.89. The first-order chi connectivity index (χ1) is 5.70. The Morgan fingerprint density at radius 1 is 1.42 bits per heavy atom. The molecule has 0 saturated carbocycles. The van der Waals surface area contributed by atoms with Gasteiger partial charge in [-0.3, -0.25) is 0 Å². The number of hydrogen-bond acceptors (Lipinski definition) is 1. The number of carbonyl (C=O) groups is 1. The molecular weight excluding hydrogens is 176 g/mol. The molecule has 0 amide bonds. The molecule has 1 aromatic rings. The van der Waals surface area contributed by atoms with Gasteiger partial charge in [-0.1, -0.05) is 29.8 Å². The molecule has 62 valence electrons. The Labute approximate surface area is 75.1 Å². The van der Waals surface area contributed by atoms with E-state index in [1.54, 1.807) is 24.3 Å². The van der Waals surface area contributed by atoms with Crippen LogP contribution in [0, 0.1) is 0 Å². The van der Waals surface area contributed by atoms with Gasteiger partial charge in [-0.05, 0) is 17.7 Å². The first-order valence-corrected chi connectivity index (χ1v) is 3.73. The number of benzene rings is 1. The minimum absolute atomic E-state index is 0.551. The van der Waals surface area contributed by atoms with E-state index in [9.17, 15) is 4.79 Å². The molecule has 1 rings (SSSR count). The summed E-state index contributed by atoms with van der Waals surface area (Å²) in [5.74, 6) is -0.977. The second kappa shape index (κ2) is 3.93. The van der Waals surface area contributed by atoms with Crippen molar-refractivity contribution in [3.8, 4) is 0 Å². The lowest BCUT2D eigenvalue weighted by atomic mass is 10.2. The fourth-order valence-electron chi connectivity index (χ4n) is 0.771. The lowest BCUT2D eigenvalue weighted by molar-refractivity contribution is -0.131. The lowest BCUT2D eigenvalue weighted by Crippen LogP contribution is -1.85. The zero-order valence-corrected chi connectivity index (χ0v) is 6.95. The maximum Gasteiger partial charge on any atom is 0.328 e. The van der Waals surface area contributed by atoms with E-state index in [0.717, 1.165) is 6.08 Å². The molecule has 0 aliphatic rings. The third kappa shape index (κ3) is 2.40. The number of rotatable bonds is 2. The quantitative estimate of drug-likeness (QED) is 0.714. The van der Waals surface area contributed by atoms with Crippen molar-refractivity contribution in [3.63, 3.8) is 0 Å². The van der Waals surface area contributed by atoms with Gasteiger partial charge in [-0.2, -0.15) is 0 Å². The van der Waals surface area contributed by atoms with Crippen LogP contribution in [0.3, 0.4) is 0 Å². The molecule has 1 aromatic carbocycles. The molecule has 0 aliphatic carbocycles. The van der Waals surface area contributed by atoms with E-state index in [1.807, 2.05) is 0 Å². The van der Waals surface area contributed by atoms with E-state index < -0.39 is 5.97 Å². The molecule has 0 heterocycles. The predicted octanol–water partition coefficient (Wildman–Crippen LogP) is 2.44. The van der Waals surface area contributed by atoms with Crippen molar-refractivity contribution in [2.75, 3.05) is 0 Å². The fraction of sp³-hybridized carbons (Fsp3) is 0. The zero-order valence-electron chi connectivity index (χ0n) is 6.20. The zero-order chi connectivity index (χ0) is 8.97. The normalized spacial score (nSPS) is 10.4. The molecule has 0 fully saturated rings. The van der Waals surface area contributed by atoms with E-state index in [1.165, 1.54) is 6.08 Å². The Morgan fingerprint density at radius 3 is 2.67 bits per heavy atom. The van der Waals surface area contributed by atoms with Crippen molar-refractivity contribution in [1.82, 2.24) is 0 Å². The number of hydrogen-bond donors (Lipinski definition) is 1. The number of carboxylic acid groups (broad SMARTS) is 1. The summed E-state index contributed by atoms with van der Waals surface area (Å²) in [7, 11) is 0. The van der Waals surface area contributed by atoms with E-state index >= 15 is 0 Å². The van der Waals surface area contributed by atoms with Crippen LogP contribution in [0.25, 0.3) is 6.08 Å². The maximum absolute atomic E-state index is 10.2. The van der Waals surface area contributed by atoms with Crippen LogP contribution in [0.2, 0.25) is 5.02 Å². The monoisotopic (exact) mass is 182 g/mol. The van der Waals surface area contributed by atoms with Gasteiger partial charge in [-0.15, -0.1) is 0 Å². The molecule has 1 N–H and O–H groups in total. The smallest absolute Gasteiger partial charge is 0.328 e. The minimum Gasteiger partial charge on any atom is -0.478 e. The molecule has 2 nitrogen and oxygen atoms in total. The Balaban J connectivity index is 2.89. The first-order valence-electron chi connectivity index (χ1n) is 3.35. The minimum atomic E-state index is -0.977. The SMILES string of the molecule is O=C(O)/C=C\c1ccccc1Cl. The van der Waals surface area contributed by atoms with Gasteiger partial charge in [0.2, 0.25) is 0 Å². The van der Waals surface area contributed by atoms with Crippen molar-refractivity contribution < 1.29 is 9.90 Å². The fourth-order valence-corrected chi connectivity index (χ4v) is 0.970. The van der Waals surface area contributed by atoms with Gasteiger partial charge in [0.25, 0.3) is 0 Å². The number of aliphatic carboxylic acids is 1. The second-order valence-corrected chi connectivity index (χ2v) is 2.60. The molecule has 0 saturated heterocycles. The molecule has 0 atom stereocenters. The Morgan fingerprint density at radius 2 is 2.08 bits per heavy atom. The summed E-state index contributed by atoms with van der Waals surface area (Å²) >= 11 is 5.76. The summed E-state index contributed by atoms with van der Waals surface area (Å²) in [5.41, 5.74) is 0.710. The standard InChI is InChI=1S/C9H7ClO2/c10-8-4-2-1-3-7(8)5-6-9(11)12/h1-6H,(H,11,12)/b6-5-. The highest BCUT2D eigenvalue weighted by atomic mass is 35.5. The molecule has 0 spiro atoms. The number of carboxylic acids is 1. The van der Waals surface area contributed by atoms with Gasteiger partial charge in [-0.25, -0.2) is 4.79 Å². The summed E-state index contributed by atoms with van der Waals surface area (Å²) in [4.78, 5) is 10.2. The van der Waals surface area contributed by atoms with Crippen LogP contribution in [0.4, 0.5) is 0 Å². The van der Waals surface area contributed by atoms with Crippen LogP contribution in [0.15, 0.2) is 30.3 Å². The van der Waals surface area contributed by atoms with Crippen molar-refractivity contribution >= 4 is 23.6 Å². The van der Waals surface area contributed by atoms with Crippen LogP contribution in [0.5, 0.6) is 0 Å². The highest BCUT2D eigenvalue weighted by Gasteiger charge is 1.93. The van der Waals surface area contributed by atoms with Crippen LogP contribution in [-0.4, -0.2) is 11.1 Å². The highest BCUT2D eigenvalue weighted by Crippen LogP contribution is 2.15. The Bertz CT molecular complexity index is 318. The van der Waals surface area contributed by atoms with Crippen molar-refractivity contribution in [3.05, 3.63) is 40.9 Å². The molecule has 0 radical (unpaired) electrons. The molecule has 12 heavy (non-hydrogen) atoms. The molecule has 0 aliphatic heterocycles. The predicted molar refractivity (Wildman–Crippen MR) is 48.1 cm³/mol. The van der Waals surface area contributed by atoms with Gasteiger partial charge in [0.15, 0.2) is 0 Å². The van der Waals surface area contributed by atoms with Crippen LogP contribution in [0.1, 0.15) is 5.56 Å². The first kappa shape index (κ1) is 8.81. The third-order valence-electron chi connectivity index (χ3n) is 1.31. The van der Waals surface area contributed by atoms with E-state index in [0.29, 0.717) is 10.6 Å². The lowest BCUT2D eigenvalue weighted by Gasteiger charge is -1.94. The van der Waals surface area contributed by atoms with Crippen LogP contribution < -0.4 is 0 Å². The van der Waals surface area contributed by atoms with Gasteiger partial charge >= 0.3 is 5.97 Å². The van der Waals surface area contributed by atoms with Gasteiger partial charge in [0.05, 0.1) is 0 Å². The van der Waals surface area contributed by atoms with Crippen LogP contribution >= 0.6 is 11.6 Å². The maximum atomic E-state index is 10.2. The van der Waals surface area contributed by atoms with Gasteiger partial charge < -0.3 is 5.11 Å². The van der Waals surface area contributed by atoms with Gasteiger partial charge in [0, 0.05) is 11.1 Å². The summed E-state index contributed by atoms with van der Waals surface area (Å²) in [6.45, 7) is 0. The summed E-state index contributed by atoms with van der Waals surface area (Å²) in [6, 6.07) is 7.05.